The third kappa shape index (κ3) is 14.2. The van der Waals surface area contributed by atoms with Gasteiger partial charge in [-0.1, -0.05) is 60.7 Å². The molecule has 0 bridgehead atoms. The molecule has 59 heavy (non-hydrogen) atoms. The largest absolute Gasteiger partial charge is 0.478 e. The fraction of sp³-hybridized carbons (Fsp3) is 0. The van der Waals surface area contributed by atoms with Crippen LogP contribution >= 0.6 is 10.7 Å². The first-order valence-electron chi connectivity index (χ1n) is 16.9. The smallest absolute Gasteiger partial charge is 0.337 e. The van der Waals surface area contributed by atoms with E-state index in [1.165, 1.54) is 78.9 Å². The molecule has 16 nitrogen and oxygen atoms in total. The van der Waals surface area contributed by atoms with E-state index in [-0.39, 0.29) is 26.6 Å². The highest BCUT2D eigenvalue weighted by molar-refractivity contribution is 8.13. The number of amides is 4. The summed E-state index contributed by atoms with van der Waals surface area (Å²) in [6.07, 6.45) is 0. The van der Waals surface area contributed by atoms with Gasteiger partial charge in [-0.15, -0.1) is 0 Å². The Labute approximate surface area is 343 Å². The minimum Gasteiger partial charge on any atom is -0.478 e. The molecular formula is C40H35ClN6O10S2. The highest BCUT2D eigenvalue weighted by Gasteiger charge is 2.18. The fourth-order valence-corrected chi connectivity index (χ4v) is 6.55. The second-order valence-corrected chi connectivity index (χ2v) is 16.0. The van der Waals surface area contributed by atoms with Crippen LogP contribution in [0.2, 0.25) is 0 Å². The van der Waals surface area contributed by atoms with Gasteiger partial charge in [-0.2, -0.15) is 0 Å². The molecule has 6 rings (SSSR count). The van der Waals surface area contributed by atoms with Crippen molar-refractivity contribution in [3.05, 3.63) is 169 Å². The number of benzene rings is 6. The van der Waals surface area contributed by atoms with Crippen LogP contribution < -0.4 is 31.7 Å². The number of aromatic carboxylic acids is 2. The van der Waals surface area contributed by atoms with E-state index in [0.717, 1.165) is 0 Å². The molecule has 304 valence electrons. The predicted octanol–water partition coefficient (Wildman–Crippen LogP) is 8.05. The molecule has 0 aliphatic carbocycles. The molecule has 0 spiro atoms. The number of sulfonamides is 1. The molecule has 0 fully saturated rings. The van der Waals surface area contributed by atoms with E-state index < -0.39 is 43.1 Å². The van der Waals surface area contributed by atoms with E-state index in [0.29, 0.717) is 28.4 Å². The van der Waals surface area contributed by atoms with Gasteiger partial charge in [0.1, 0.15) is 0 Å². The number of hydrogen-bond donors (Lipinski definition) is 8. The van der Waals surface area contributed by atoms with Crippen molar-refractivity contribution in [3.8, 4) is 0 Å². The van der Waals surface area contributed by atoms with Gasteiger partial charge in [-0.05, 0) is 97.1 Å². The molecule has 6 aromatic rings. The summed E-state index contributed by atoms with van der Waals surface area (Å²) in [7, 11) is -2.56. The summed E-state index contributed by atoms with van der Waals surface area (Å²) in [5.74, 6) is -2.23. The van der Waals surface area contributed by atoms with Crippen LogP contribution in [-0.2, 0) is 19.1 Å². The number of anilines is 6. The van der Waals surface area contributed by atoms with Crippen molar-refractivity contribution in [3.63, 3.8) is 0 Å². The van der Waals surface area contributed by atoms with Gasteiger partial charge < -0.3 is 37.2 Å². The summed E-state index contributed by atoms with van der Waals surface area (Å²) in [4.78, 5) is 45.2. The normalized spacial score (nSPS) is 10.5. The number of carboxylic acid groups (broad SMARTS) is 2. The first-order valence-corrected chi connectivity index (χ1v) is 20.6. The standard InChI is InChI=1S/C20H17N3O5S.C13H11ClN2O3S.C7H7NO2/c24-19(25)17-8-4-5-9-18(17)23-29(27,28)16-12-10-15(11-13-16)22-20(26)21-14-6-2-1-3-7-14;14-20(18,19)12-8-6-11(7-9-12)16-13(17)15-10-4-2-1-3-5-10;8-6-4-2-1-3-5(6)7(9)10/h1-13,23H,(H,24,25)(H2,21,22,26);1-9H,(H2,15,16,17);1-4H,8H2,(H,9,10). The molecule has 0 saturated heterocycles. The van der Waals surface area contributed by atoms with Crippen molar-refractivity contribution >= 4 is 87.9 Å². The van der Waals surface area contributed by atoms with Gasteiger partial charge in [0.05, 0.1) is 26.6 Å². The highest BCUT2D eigenvalue weighted by Crippen LogP contribution is 2.22. The minimum absolute atomic E-state index is 0.0202. The molecule has 0 radical (unpaired) electrons. The second kappa shape index (κ2) is 20.7. The van der Waals surface area contributed by atoms with Crippen molar-refractivity contribution in [2.24, 2.45) is 0 Å². The van der Waals surface area contributed by atoms with E-state index in [1.807, 2.05) is 12.1 Å². The topological polar surface area (TPSA) is 263 Å². The Morgan fingerprint density at radius 2 is 0.814 bits per heavy atom. The Hall–Kier alpha value is -7.41. The van der Waals surface area contributed by atoms with Crippen LogP contribution in [0, 0.1) is 0 Å². The van der Waals surface area contributed by atoms with E-state index in [2.05, 4.69) is 26.0 Å². The lowest BCUT2D eigenvalue weighted by Gasteiger charge is -2.11. The summed E-state index contributed by atoms with van der Waals surface area (Å²) in [5, 5.41) is 28.1. The maximum absolute atomic E-state index is 12.5. The third-order valence-electron chi connectivity index (χ3n) is 7.47. The van der Waals surface area contributed by atoms with Crippen molar-refractivity contribution in [2.75, 3.05) is 31.7 Å². The lowest BCUT2D eigenvalue weighted by molar-refractivity contribution is 0.0687. The SMILES string of the molecule is Nc1ccccc1C(=O)O.O=C(Nc1ccccc1)Nc1ccc(S(=O)(=O)Cl)cc1.O=C(Nc1ccccc1)Nc1ccc(S(=O)(=O)Nc2ccccc2C(=O)O)cc1. The van der Waals surface area contributed by atoms with Crippen LogP contribution in [0.3, 0.4) is 0 Å². The van der Waals surface area contributed by atoms with Crippen molar-refractivity contribution in [1.29, 1.82) is 0 Å². The first-order chi connectivity index (χ1) is 28.0. The summed E-state index contributed by atoms with van der Waals surface area (Å²) in [5.41, 5.74) is 7.73. The van der Waals surface area contributed by atoms with Crippen molar-refractivity contribution in [2.45, 2.75) is 9.79 Å². The molecule has 0 aliphatic heterocycles. The maximum Gasteiger partial charge on any atom is 0.337 e. The zero-order valence-electron chi connectivity index (χ0n) is 30.4. The zero-order valence-corrected chi connectivity index (χ0v) is 32.8. The van der Waals surface area contributed by atoms with Crippen LogP contribution in [0.5, 0.6) is 0 Å². The average molecular weight is 859 g/mol. The number of hydrogen-bond acceptors (Lipinski definition) is 9. The second-order valence-electron chi connectivity index (χ2n) is 11.7. The number of carbonyl (C=O) groups excluding carboxylic acids is 2. The predicted molar refractivity (Wildman–Crippen MR) is 226 cm³/mol. The molecule has 6 aromatic carbocycles. The summed E-state index contributed by atoms with van der Waals surface area (Å²) in [6, 6.07) is 40.0. The molecule has 0 aromatic heterocycles. The van der Waals surface area contributed by atoms with E-state index >= 15 is 0 Å². The molecule has 0 heterocycles. The molecule has 0 saturated carbocycles. The lowest BCUT2D eigenvalue weighted by Crippen LogP contribution is -2.19. The van der Waals surface area contributed by atoms with Crippen molar-refractivity contribution < 1.29 is 46.2 Å². The van der Waals surface area contributed by atoms with Crippen molar-refractivity contribution in [1.82, 2.24) is 0 Å². The Kier molecular flexibility index (Phi) is 15.5. The number of carbonyl (C=O) groups is 4. The number of nitrogen functional groups attached to an aromatic ring is 1. The monoisotopic (exact) mass is 858 g/mol. The molecule has 0 aliphatic rings. The van der Waals surface area contributed by atoms with Gasteiger partial charge in [0.15, 0.2) is 0 Å². The maximum atomic E-state index is 12.5. The van der Waals surface area contributed by atoms with E-state index in [9.17, 15) is 41.1 Å². The number of halogens is 1. The number of nitrogens with two attached hydrogens (primary N) is 1. The van der Waals surface area contributed by atoms with Gasteiger partial charge >= 0.3 is 24.0 Å². The zero-order chi connectivity index (χ0) is 43.0. The summed E-state index contributed by atoms with van der Waals surface area (Å²) < 4.78 is 49.5. The Bertz CT molecular complexity index is 2620. The number of para-hydroxylation sites is 4. The Balaban J connectivity index is 0.000000220. The van der Waals surface area contributed by atoms with E-state index in [1.54, 1.807) is 66.7 Å². The molecule has 0 atom stereocenters. The summed E-state index contributed by atoms with van der Waals surface area (Å²) >= 11 is 0. The number of nitrogens with one attached hydrogen (secondary N) is 5. The third-order valence-corrected chi connectivity index (χ3v) is 10.2. The Morgan fingerprint density at radius 3 is 1.20 bits per heavy atom. The minimum atomic E-state index is -4.00. The molecule has 4 amide bonds. The molecule has 0 unspecified atom stereocenters. The quantitative estimate of drug-likeness (QED) is 0.0482. The first kappa shape index (κ1) is 44.3. The molecule has 19 heteroatoms. The lowest BCUT2D eigenvalue weighted by atomic mass is 10.2. The van der Waals surface area contributed by atoms with Crippen LogP contribution in [-0.4, -0.2) is 51.0 Å². The van der Waals surface area contributed by atoms with Crippen LogP contribution in [0.25, 0.3) is 0 Å². The highest BCUT2D eigenvalue weighted by atomic mass is 35.7. The van der Waals surface area contributed by atoms with Gasteiger partial charge in [-0.3, -0.25) is 4.72 Å². The van der Waals surface area contributed by atoms with Crippen LogP contribution in [0.15, 0.2) is 168 Å². The van der Waals surface area contributed by atoms with E-state index in [4.69, 9.17) is 21.5 Å². The van der Waals surface area contributed by atoms with Gasteiger partial charge in [0.2, 0.25) is 0 Å². The van der Waals surface area contributed by atoms with Gasteiger partial charge in [0.25, 0.3) is 19.1 Å². The Morgan fingerprint density at radius 1 is 0.458 bits per heavy atom. The fourth-order valence-electron chi connectivity index (χ4n) is 4.70. The molecule has 9 N–H and O–H groups in total. The molecular weight excluding hydrogens is 824 g/mol. The van der Waals surface area contributed by atoms with Gasteiger partial charge in [0, 0.05) is 39.1 Å². The number of carboxylic acids is 2. The average Bonchev–Trinajstić information content (AvgIpc) is 3.19. The van der Waals surface area contributed by atoms with Crippen LogP contribution in [0.1, 0.15) is 20.7 Å². The summed E-state index contributed by atoms with van der Waals surface area (Å²) in [6.45, 7) is 0. The van der Waals surface area contributed by atoms with Crippen LogP contribution in [0.4, 0.5) is 43.7 Å². The van der Waals surface area contributed by atoms with Gasteiger partial charge in [-0.25, -0.2) is 36.0 Å². The number of rotatable bonds is 10. The number of urea groups is 2.